The van der Waals surface area contributed by atoms with Crippen molar-refractivity contribution in [2.75, 3.05) is 11.9 Å². The largest absolute Gasteiger partial charge is 0.482 e. The van der Waals surface area contributed by atoms with E-state index in [1.165, 1.54) is 0 Å². The van der Waals surface area contributed by atoms with Crippen LogP contribution in [0.4, 0.5) is 5.69 Å². The number of anilines is 1. The molecule has 0 saturated carbocycles. The highest BCUT2D eigenvalue weighted by Gasteiger charge is 2.36. The van der Waals surface area contributed by atoms with E-state index in [-0.39, 0.29) is 36.9 Å². The zero-order valence-corrected chi connectivity index (χ0v) is 17.1. The number of hydrogen-bond acceptors (Lipinski definition) is 5. The van der Waals surface area contributed by atoms with Gasteiger partial charge in [0, 0.05) is 13.0 Å². The Bertz CT molecular complexity index is 1090. The van der Waals surface area contributed by atoms with Gasteiger partial charge < -0.3 is 20.3 Å². The molecule has 2 N–H and O–H groups in total. The van der Waals surface area contributed by atoms with Gasteiger partial charge in [-0.3, -0.25) is 14.4 Å². The van der Waals surface area contributed by atoms with Crippen LogP contribution in [0.3, 0.4) is 0 Å². The molecular formula is C23H22N4O4. The third kappa shape index (κ3) is 4.36. The van der Waals surface area contributed by atoms with Crippen molar-refractivity contribution in [1.82, 2.24) is 10.2 Å². The summed E-state index contributed by atoms with van der Waals surface area (Å²) in [7, 11) is 0. The fourth-order valence-electron chi connectivity index (χ4n) is 3.90. The van der Waals surface area contributed by atoms with E-state index in [2.05, 4.69) is 16.7 Å². The molecule has 158 valence electrons. The molecule has 0 spiro atoms. The Balaban J connectivity index is 1.45. The van der Waals surface area contributed by atoms with Crippen molar-refractivity contribution >= 4 is 23.4 Å². The minimum absolute atomic E-state index is 0.0124. The molecule has 1 saturated heterocycles. The summed E-state index contributed by atoms with van der Waals surface area (Å²) in [5, 5.41) is 14.8. The summed E-state index contributed by atoms with van der Waals surface area (Å²) in [6.45, 7) is 2.12. The van der Waals surface area contributed by atoms with Gasteiger partial charge in [-0.2, -0.15) is 5.26 Å². The van der Waals surface area contributed by atoms with Crippen molar-refractivity contribution in [1.29, 1.82) is 5.26 Å². The molecule has 0 bridgehead atoms. The summed E-state index contributed by atoms with van der Waals surface area (Å²) in [5.41, 5.74) is 2.72. The van der Waals surface area contributed by atoms with E-state index in [9.17, 15) is 14.4 Å². The summed E-state index contributed by atoms with van der Waals surface area (Å²) < 4.78 is 5.37. The number of amides is 3. The van der Waals surface area contributed by atoms with Gasteiger partial charge >= 0.3 is 0 Å². The standard InChI is InChI=1S/C23H22N4O4/c1-14(17-5-7-20-18(10-17)26-21(28)13-31-20)25-23(30)19-6-8-22(29)27(19)12-16-4-2-3-15(9-16)11-24/h2-5,7,9-10,14,19H,6,8,12-13H2,1H3,(H,25,30)(H,26,28)/t14-,19-/m1/s1. The Hall–Kier alpha value is -3.86. The number of nitrogens with zero attached hydrogens (tertiary/aromatic N) is 2. The molecule has 2 aromatic carbocycles. The number of carbonyl (C=O) groups excluding carboxylic acids is 3. The highest BCUT2D eigenvalue weighted by atomic mass is 16.5. The summed E-state index contributed by atoms with van der Waals surface area (Å²) in [5.74, 6) is 0.0626. The van der Waals surface area contributed by atoms with Crippen molar-refractivity contribution in [2.24, 2.45) is 0 Å². The first-order valence-corrected chi connectivity index (χ1v) is 10.1. The van der Waals surface area contributed by atoms with Gasteiger partial charge in [-0.1, -0.05) is 18.2 Å². The van der Waals surface area contributed by atoms with E-state index >= 15 is 0 Å². The van der Waals surface area contributed by atoms with E-state index < -0.39 is 6.04 Å². The Morgan fingerprint density at radius 2 is 2.16 bits per heavy atom. The summed E-state index contributed by atoms with van der Waals surface area (Å²) in [6, 6.07) is 13.6. The van der Waals surface area contributed by atoms with E-state index in [4.69, 9.17) is 10.00 Å². The predicted molar refractivity (Wildman–Crippen MR) is 112 cm³/mol. The van der Waals surface area contributed by atoms with E-state index in [0.717, 1.165) is 11.1 Å². The van der Waals surface area contributed by atoms with Crippen molar-refractivity contribution in [3.05, 3.63) is 59.2 Å². The molecular weight excluding hydrogens is 396 g/mol. The fourth-order valence-corrected chi connectivity index (χ4v) is 3.90. The molecule has 0 unspecified atom stereocenters. The fraction of sp³-hybridized carbons (Fsp3) is 0.304. The Morgan fingerprint density at radius 3 is 2.97 bits per heavy atom. The Morgan fingerprint density at radius 1 is 1.32 bits per heavy atom. The van der Waals surface area contributed by atoms with Crippen LogP contribution < -0.4 is 15.4 Å². The quantitative estimate of drug-likeness (QED) is 0.774. The molecule has 2 aliphatic heterocycles. The summed E-state index contributed by atoms with van der Waals surface area (Å²) in [4.78, 5) is 38.5. The molecule has 2 aliphatic rings. The maximum Gasteiger partial charge on any atom is 0.262 e. The normalized spacial score (nSPS) is 18.5. The van der Waals surface area contributed by atoms with Crippen LogP contribution >= 0.6 is 0 Å². The number of hydrogen-bond donors (Lipinski definition) is 2. The van der Waals surface area contributed by atoms with Crippen molar-refractivity contribution in [2.45, 2.75) is 38.4 Å². The predicted octanol–water partition coefficient (Wildman–Crippen LogP) is 2.26. The molecule has 8 nitrogen and oxygen atoms in total. The van der Waals surface area contributed by atoms with Crippen LogP contribution in [0.1, 0.15) is 42.5 Å². The molecule has 8 heteroatoms. The zero-order chi connectivity index (χ0) is 22.0. The highest BCUT2D eigenvalue weighted by Crippen LogP contribution is 2.31. The minimum atomic E-state index is -0.568. The molecule has 0 aromatic heterocycles. The second-order valence-electron chi connectivity index (χ2n) is 7.71. The molecule has 0 radical (unpaired) electrons. The van der Waals surface area contributed by atoms with E-state index in [1.54, 1.807) is 35.2 Å². The lowest BCUT2D eigenvalue weighted by Crippen LogP contribution is -2.45. The zero-order valence-electron chi connectivity index (χ0n) is 17.1. The van der Waals surface area contributed by atoms with E-state index in [1.807, 2.05) is 19.1 Å². The number of likely N-dealkylation sites (tertiary alicyclic amines) is 1. The van der Waals surface area contributed by atoms with Crippen LogP contribution in [0.15, 0.2) is 42.5 Å². The minimum Gasteiger partial charge on any atom is -0.482 e. The van der Waals surface area contributed by atoms with Crippen LogP contribution in [0.5, 0.6) is 5.75 Å². The van der Waals surface area contributed by atoms with Crippen molar-refractivity contribution in [3.8, 4) is 11.8 Å². The second-order valence-corrected chi connectivity index (χ2v) is 7.71. The third-order valence-corrected chi connectivity index (χ3v) is 5.54. The van der Waals surface area contributed by atoms with Crippen LogP contribution in [0.25, 0.3) is 0 Å². The lowest BCUT2D eigenvalue weighted by molar-refractivity contribution is -0.136. The maximum absolute atomic E-state index is 13.0. The SMILES string of the molecule is C[C@@H](NC(=O)[C@H]1CCC(=O)N1Cc1cccc(C#N)c1)c1ccc2c(c1)NC(=O)CO2. The first-order valence-electron chi connectivity index (χ1n) is 10.1. The number of fused-ring (bicyclic) bond motifs is 1. The van der Waals surface area contributed by atoms with Gasteiger partial charge in [0.2, 0.25) is 11.8 Å². The summed E-state index contributed by atoms with van der Waals surface area (Å²) >= 11 is 0. The topological polar surface area (TPSA) is 112 Å². The van der Waals surface area contributed by atoms with Crippen LogP contribution in [-0.2, 0) is 20.9 Å². The molecule has 4 rings (SSSR count). The number of ether oxygens (including phenoxy) is 1. The van der Waals surface area contributed by atoms with Crippen molar-refractivity contribution < 1.29 is 19.1 Å². The van der Waals surface area contributed by atoms with Gasteiger partial charge in [0.15, 0.2) is 6.61 Å². The summed E-state index contributed by atoms with van der Waals surface area (Å²) in [6.07, 6.45) is 0.760. The first kappa shape index (κ1) is 20.4. The third-order valence-electron chi connectivity index (χ3n) is 5.54. The first-order chi connectivity index (χ1) is 14.9. The Labute approximate surface area is 179 Å². The van der Waals surface area contributed by atoms with Gasteiger partial charge in [0.05, 0.1) is 23.4 Å². The maximum atomic E-state index is 13.0. The Kier molecular flexibility index (Phi) is 5.58. The van der Waals surface area contributed by atoms with Gasteiger partial charge in [-0.25, -0.2) is 0 Å². The van der Waals surface area contributed by atoms with Gasteiger partial charge in [-0.05, 0) is 48.7 Å². The molecule has 3 amide bonds. The van der Waals surface area contributed by atoms with Gasteiger partial charge in [0.1, 0.15) is 11.8 Å². The lowest BCUT2D eigenvalue weighted by Gasteiger charge is -2.26. The molecule has 31 heavy (non-hydrogen) atoms. The number of nitrogens with one attached hydrogen (secondary N) is 2. The molecule has 2 aromatic rings. The average molecular weight is 418 g/mol. The lowest BCUT2D eigenvalue weighted by atomic mass is 10.1. The van der Waals surface area contributed by atoms with Crippen LogP contribution in [0, 0.1) is 11.3 Å². The van der Waals surface area contributed by atoms with Gasteiger partial charge in [-0.15, -0.1) is 0 Å². The monoisotopic (exact) mass is 418 g/mol. The van der Waals surface area contributed by atoms with Crippen LogP contribution in [-0.4, -0.2) is 35.3 Å². The number of benzene rings is 2. The molecule has 2 heterocycles. The van der Waals surface area contributed by atoms with Crippen molar-refractivity contribution in [3.63, 3.8) is 0 Å². The van der Waals surface area contributed by atoms with Gasteiger partial charge in [0.25, 0.3) is 5.91 Å². The average Bonchev–Trinajstić information content (AvgIpc) is 3.13. The smallest absolute Gasteiger partial charge is 0.262 e. The second kappa shape index (κ2) is 8.48. The molecule has 0 aliphatic carbocycles. The number of rotatable bonds is 5. The molecule has 1 fully saturated rings. The highest BCUT2D eigenvalue weighted by molar-refractivity contribution is 5.95. The van der Waals surface area contributed by atoms with Crippen LogP contribution in [0.2, 0.25) is 0 Å². The van der Waals surface area contributed by atoms with E-state index in [0.29, 0.717) is 29.8 Å². The molecule has 2 atom stereocenters. The number of carbonyl (C=O) groups is 3. The number of nitriles is 1.